The summed E-state index contributed by atoms with van der Waals surface area (Å²) in [6.07, 6.45) is -3.48. The molecule has 0 amide bonds. The molecule has 0 N–H and O–H groups in total. The quantitative estimate of drug-likeness (QED) is 0.555. The number of oxazole rings is 1. The Bertz CT molecular complexity index is 271. The van der Waals surface area contributed by atoms with Crippen molar-refractivity contribution in [3.05, 3.63) is 23.0 Å². The third-order valence-corrected chi connectivity index (χ3v) is 0.849. The van der Waals surface area contributed by atoms with Crippen LogP contribution in [0.5, 0.6) is 0 Å². The Morgan fingerprint density at radius 2 is 2.10 bits per heavy atom. The summed E-state index contributed by atoms with van der Waals surface area (Å²) in [5.74, 6) is -1.42. The first-order chi connectivity index (χ1) is 4.52. The molecule has 0 fully saturated rings. The molecule has 0 aliphatic rings. The highest BCUT2D eigenvalue weighted by Crippen LogP contribution is 2.18. The maximum atomic E-state index is 11.6. The third kappa shape index (κ3) is 1.04. The number of alkyl halides is 3. The fourth-order valence-electron chi connectivity index (χ4n) is 0.455. The first-order valence-electron chi connectivity index (χ1n) is 2.25. The predicted molar refractivity (Wildman–Crippen MR) is 24.3 cm³/mol. The van der Waals surface area contributed by atoms with Crippen LogP contribution in [0.1, 0.15) is 0 Å². The lowest BCUT2D eigenvalue weighted by molar-refractivity contribution is -0.207. The highest BCUT2D eigenvalue weighted by Gasteiger charge is 2.32. The molecular weight excluding hydrogens is 151 g/mol. The summed E-state index contributed by atoms with van der Waals surface area (Å²) in [5.41, 5.74) is 0. The van der Waals surface area contributed by atoms with Crippen LogP contribution in [0.4, 0.5) is 13.2 Å². The van der Waals surface area contributed by atoms with E-state index >= 15 is 0 Å². The summed E-state index contributed by atoms with van der Waals surface area (Å²) in [6.45, 7) is 0. The van der Waals surface area contributed by atoms with Crippen molar-refractivity contribution in [2.75, 3.05) is 0 Å². The van der Waals surface area contributed by atoms with Crippen molar-refractivity contribution >= 4 is 0 Å². The Morgan fingerprint density at radius 3 is 2.30 bits per heavy atom. The number of nitrogens with zero attached hydrogens (tertiary/aromatic N) is 1. The molecule has 0 aliphatic heterocycles. The summed E-state index contributed by atoms with van der Waals surface area (Å²) in [7, 11) is 0. The van der Waals surface area contributed by atoms with Gasteiger partial charge in [0, 0.05) is 0 Å². The van der Waals surface area contributed by atoms with E-state index in [1.54, 1.807) is 0 Å². The molecule has 1 aromatic heterocycles. The van der Waals surface area contributed by atoms with Crippen LogP contribution in [0.15, 0.2) is 21.7 Å². The van der Waals surface area contributed by atoms with Crippen LogP contribution >= 0.6 is 0 Å². The second-order valence-corrected chi connectivity index (χ2v) is 1.51. The smallest absolute Gasteiger partial charge is 0.416 e. The molecule has 1 heterocycles. The minimum absolute atomic E-state index is 0.451. The van der Waals surface area contributed by atoms with E-state index in [9.17, 15) is 18.0 Å². The minimum Gasteiger partial charge on any atom is -0.416 e. The number of hydrogen-bond donors (Lipinski definition) is 0. The average molecular weight is 153 g/mol. The van der Waals surface area contributed by atoms with Gasteiger partial charge in [-0.15, -0.1) is 13.2 Å². The monoisotopic (exact) mass is 153 g/mol. The molecule has 6 heteroatoms. The van der Waals surface area contributed by atoms with Crippen LogP contribution in [0.2, 0.25) is 0 Å². The molecule has 0 unspecified atom stereocenters. The van der Waals surface area contributed by atoms with E-state index in [0.717, 1.165) is 0 Å². The van der Waals surface area contributed by atoms with Crippen molar-refractivity contribution in [1.29, 1.82) is 0 Å². The van der Waals surface area contributed by atoms with Gasteiger partial charge in [-0.3, -0.25) is 0 Å². The van der Waals surface area contributed by atoms with Gasteiger partial charge >= 0.3 is 12.1 Å². The molecule has 0 aliphatic carbocycles. The number of rotatable bonds is 0. The van der Waals surface area contributed by atoms with Gasteiger partial charge < -0.3 is 4.42 Å². The Hall–Kier alpha value is -1.20. The molecule has 1 rings (SSSR count). The van der Waals surface area contributed by atoms with Crippen molar-refractivity contribution in [3.8, 4) is 0 Å². The first kappa shape index (κ1) is 6.91. The molecule has 0 spiro atoms. The Labute approximate surface area is 52.7 Å². The number of aromatic nitrogens is 1. The number of halogens is 3. The molecule has 0 saturated carbocycles. The van der Waals surface area contributed by atoms with Crippen molar-refractivity contribution in [2.24, 2.45) is 0 Å². The lowest BCUT2D eigenvalue weighted by Crippen LogP contribution is -2.26. The van der Waals surface area contributed by atoms with Crippen LogP contribution in [0.3, 0.4) is 0 Å². The zero-order valence-corrected chi connectivity index (χ0v) is 4.55. The Kier molecular flexibility index (Phi) is 1.31. The third-order valence-electron chi connectivity index (χ3n) is 0.849. The van der Waals surface area contributed by atoms with Crippen LogP contribution in [0.25, 0.3) is 0 Å². The Balaban J connectivity index is 3.18. The van der Waals surface area contributed by atoms with Gasteiger partial charge in [0.05, 0.1) is 6.20 Å². The summed E-state index contributed by atoms with van der Waals surface area (Å²) in [5, 5.41) is 0. The van der Waals surface area contributed by atoms with Gasteiger partial charge in [0.2, 0.25) is 0 Å². The largest absolute Gasteiger partial charge is 0.493 e. The van der Waals surface area contributed by atoms with E-state index in [4.69, 9.17) is 0 Å². The molecule has 0 radical (unpaired) electrons. The second-order valence-electron chi connectivity index (χ2n) is 1.51. The van der Waals surface area contributed by atoms with Crippen LogP contribution in [-0.2, 0) is 6.30 Å². The fourth-order valence-corrected chi connectivity index (χ4v) is 0.455. The molecule has 0 saturated heterocycles. The summed E-state index contributed by atoms with van der Waals surface area (Å²) < 4.78 is 38.2. The van der Waals surface area contributed by atoms with Crippen molar-refractivity contribution in [3.63, 3.8) is 0 Å². The lowest BCUT2D eigenvalue weighted by atomic mass is 10.9. The van der Waals surface area contributed by atoms with Gasteiger partial charge in [0.1, 0.15) is 6.26 Å². The van der Waals surface area contributed by atoms with Gasteiger partial charge in [-0.05, 0) is 0 Å². The molecule has 56 valence electrons. The second kappa shape index (κ2) is 1.89. The molecule has 10 heavy (non-hydrogen) atoms. The molecule has 1 aromatic rings. The maximum absolute atomic E-state index is 11.6. The van der Waals surface area contributed by atoms with E-state index in [0.29, 0.717) is 12.5 Å². The van der Waals surface area contributed by atoms with E-state index in [-0.39, 0.29) is 0 Å². The molecule has 0 aromatic carbocycles. The molecule has 0 bridgehead atoms. The zero-order chi connectivity index (χ0) is 7.78. The molecule has 0 atom stereocenters. The van der Waals surface area contributed by atoms with E-state index in [1.807, 2.05) is 0 Å². The van der Waals surface area contributed by atoms with Crippen LogP contribution < -0.4 is 5.76 Å². The SMILES string of the molecule is O=c1occn1C(F)(F)F. The number of hydrogen-bond acceptors (Lipinski definition) is 2. The van der Waals surface area contributed by atoms with Crippen molar-refractivity contribution < 1.29 is 17.6 Å². The van der Waals surface area contributed by atoms with E-state index in [2.05, 4.69) is 4.42 Å². The van der Waals surface area contributed by atoms with Gasteiger partial charge in [0.25, 0.3) is 0 Å². The summed E-state index contributed by atoms with van der Waals surface area (Å²) in [6, 6.07) is 0. The summed E-state index contributed by atoms with van der Waals surface area (Å²) in [4.78, 5) is 10.1. The highest BCUT2D eigenvalue weighted by atomic mass is 19.4. The van der Waals surface area contributed by atoms with E-state index in [1.165, 1.54) is 0 Å². The zero-order valence-electron chi connectivity index (χ0n) is 4.55. The van der Waals surface area contributed by atoms with Crippen LogP contribution in [0, 0.1) is 0 Å². The van der Waals surface area contributed by atoms with Gasteiger partial charge in [-0.25, -0.2) is 4.79 Å². The normalized spacial score (nSPS) is 11.9. The molecular formula is C4H2F3NO2. The predicted octanol–water partition coefficient (Wildman–Crippen LogP) is 0.918. The topological polar surface area (TPSA) is 35.1 Å². The lowest BCUT2D eigenvalue weighted by Gasteiger charge is -2.01. The minimum atomic E-state index is -4.68. The maximum Gasteiger partial charge on any atom is 0.493 e. The highest BCUT2D eigenvalue weighted by molar-refractivity contribution is 4.71. The van der Waals surface area contributed by atoms with Crippen molar-refractivity contribution in [2.45, 2.75) is 6.30 Å². The standard InChI is InChI=1S/C4H2F3NO2/c5-4(6,7)8-1-2-10-3(8)9/h1-2H. The van der Waals surface area contributed by atoms with Gasteiger partial charge in [0.15, 0.2) is 0 Å². The molecule has 3 nitrogen and oxygen atoms in total. The average Bonchev–Trinajstić information content (AvgIpc) is 2.11. The van der Waals surface area contributed by atoms with Crippen molar-refractivity contribution in [1.82, 2.24) is 4.57 Å². The van der Waals surface area contributed by atoms with Gasteiger partial charge in [-0.1, -0.05) is 0 Å². The Morgan fingerprint density at radius 1 is 1.50 bits per heavy atom. The first-order valence-corrected chi connectivity index (χ1v) is 2.25. The van der Waals surface area contributed by atoms with Gasteiger partial charge in [-0.2, -0.15) is 4.57 Å². The van der Waals surface area contributed by atoms with E-state index < -0.39 is 16.6 Å². The summed E-state index contributed by atoms with van der Waals surface area (Å²) >= 11 is 0. The fraction of sp³-hybridized carbons (Fsp3) is 0.250. The van der Waals surface area contributed by atoms with Crippen LogP contribution in [-0.4, -0.2) is 4.57 Å².